The van der Waals surface area contributed by atoms with Crippen molar-refractivity contribution in [2.75, 3.05) is 5.32 Å². The van der Waals surface area contributed by atoms with E-state index in [4.69, 9.17) is 0 Å². The molecule has 0 atom stereocenters. The second-order valence-electron chi connectivity index (χ2n) is 4.08. The van der Waals surface area contributed by atoms with Crippen LogP contribution < -0.4 is 5.32 Å². The fourth-order valence-corrected chi connectivity index (χ4v) is 1.65. The van der Waals surface area contributed by atoms with Crippen LogP contribution in [0.15, 0.2) is 36.5 Å². The molecule has 0 spiro atoms. The van der Waals surface area contributed by atoms with Crippen LogP contribution in [0.3, 0.4) is 0 Å². The largest absolute Gasteiger partial charge is 0.321 e. The summed E-state index contributed by atoms with van der Waals surface area (Å²) in [6, 6.07) is 6.55. The van der Waals surface area contributed by atoms with E-state index in [1.807, 2.05) is 0 Å². The summed E-state index contributed by atoms with van der Waals surface area (Å²) in [5.41, 5.74) is 0.953. The Labute approximate surface area is 113 Å². The van der Waals surface area contributed by atoms with Gasteiger partial charge in [0.1, 0.15) is 0 Å². The number of nitrogens with zero attached hydrogens (tertiary/aromatic N) is 2. The van der Waals surface area contributed by atoms with Crippen LogP contribution in [0.5, 0.6) is 0 Å². The van der Waals surface area contributed by atoms with Crippen molar-refractivity contribution in [1.29, 1.82) is 0 Å². The first-order valence-corrected chi connectivity index (χ1v) is 5.65. The van der Waals surface area contributed by atoms with Crippen molar-refractivity contribution in [3.8, 4) is 0 Å². The molecule has 0 aliphatic rings. The maximum atomic E-state index is 12.6. The van der Waals surface area contributed by atoms with E-state index in [1.165, 1.54) is 30.5 Å². The van der Waals surface area contributed by atoms with Crippen molar-refractivity contribution in [1.82, 2.24) is 4.98 Å². The van der Waals surface area contributed by atoms with Gasteiger partial charge in [0.15, 0.2) is 0 Å². The quantitative estimate of drug-likeness (QED) is 0.530. The van der Waals surface area contributed by atoms with E-state index in [0.29, 0.717) is 11.3 Å². The lowest BCUT2D eigenvalue weighted by Crippen LogP contribution is -2.12. The standard InChI is InChI=1S/C13H10FN3O3/c1-8-6-9(2-4-11(8)17(19)20)13(18)16-10-3-5-12(14)15-7-10/h2-7H,1H3,(H,16,18). The first-order valence-electron chi connectivity index (χ1n) is 5.65. The minimum atomic E-state index is -0.644. The molecule has 1 heterocycles. The molecule has 102 valence electrons. The number of aryl methyl sites for hydroxylation is 1. The highest BCUT2D eigenvalue weighted by Crippen LogP contribution is 2.19. The van der Waals surface area contributed by atoms with Crippen LogP contribution in [-0.2, 0) is 0 Å². The van der Waals surface area contributed by atoms with E-state index in [2.05, 4.69) is 10.3 Å². The highest BCUT2D eigenvalue weighted by atomic mass is 19.1. The lowest BCUT2D eigenvalue weighted by atomic mass is 10.1. The van der Waals surface area contributed by atoms with Gasteiger partial charge >= 0.3 is 0 Å². The average Bonchev–Trinajstić information content (AvgIpc) is 2.40. The van der Waals surface area contributed by atoms with E-state index in [-0.39, 0.29) is 11.3 Å². The number of nitrogens with one attached hydrogen (secondary N) is 1. The topological polar surface area (TPSA) is 85.1 Å². The van der Waals surface area contributed by atoms with Crippen molar-refractivity contribution < 1.29 is 14.1 Å². The van der Waals surface area contributed by atoms with Gasteiger partial charge in [0.2, 0.25) is 5.95 Å². The molecule has 0 radical (unpaired) electrons. The molecule has 0 unspecified atom stereocenters. The number of anilines is 1. The molecule has 2 aromatic rings. The fourth-order valence-electron chi connectivity index (χ4n) is 1.65. The lowest BCUT2D eigenvalue weighted by Gasteiger charge is -2.05. The van der Waals surface area contributed by atoms with Crippen LogP contribution in [0, 0.1) is 23.0 Å². The van der Waals surface area contributed by atoms with Crippen LogP contribution in [0.4, 0.5) is 15.8 Å². The number of rotatable bonds is 3. The molecule has 20 heavy (non-hydrogen) atoms. The van der Waals surface area contributed by atoms with Crippen LogP contribution in [0.1, 0.15) is 15.9 Å². The minimum absolute atomic E-state index is 0.0509. The summed E-state index contributed by atoms with van der Waals surface area (Å²) >= 11 is 0. The predicted molar refractivity (Wildman–Crippen MR) is 70.0 cm³/mol. The van der Waals surface area contributed by atoms with Gasteiger partial charge in [0.25, 0.3) is 11.6 Å². The number of halogens is 1. The molecule has 0 fully saturated rings. The van der Waals surface area contributed by atoms with Crippen LogP contribution >= 0.6 is 0 Å². The molecule has 1 aromatic heterocycles. The number of carbonyl (C=O) groups excluding carboxylic acids is 1. The molecular weight excluding hydrogens is 265 g/mol. The normalized spacial score (nSPS) is 10.1. The molecule has 0 bridgehead atoms. The average molecular weight is 275 g/mol. The summed E-state index contributed by atoms with van der Waals surface area (Å²) in [4.78, 5) is 25.5. The van der Waals surface area contributed by atoms with Gasteiger partial charge in [-0.15, -0.1) is 0 Å². The first-order chi connectivity index (χ1) is 9.47. The SMILES string of the molecule is Cc1cc(C(=O)Nc2ccc(F)nc2)ccc1[N+](=O)[O-]. The molecular formula is C13H10FN3O3. The Morgan fingerprint density at radius 3 is 2.65 bits per heavy atom. The van der Waals surface area contributed by atoms with E-state index < -0.39 is 16.8 Å². The van der Waals surface area contributed by atoms with Crippen molar-refractivity contribution in [3.63, 3.8) is 0 Å². The number of nitro benzene ring substituents is 1. The van der Waals surface area contributed by atoms with Crippen LogP contribution in [0.25, 0.3) is 0 Å². The summed E-state index contributed by atoms with van der Waals surface area (Å²) in [7, 11) is 0. The third-order valence-corrected chi connectivity index (χ3v) is 2.64. The van der Waals surface area contributed by atoms with E-state index in [0.717, 1.165) is 6.07 Å². The van der Waals surface area contributed by atoms with E-state index in [1.54, 1.807) is 6.92 Å². The highest BCUT2D eigenvalue weighted by molar-refractivity contribution is 6.04. The second kappa shape index (κ2) is 5.43. The zero-order valence-corrected chi connectivity index (χ0v) is 10.5. The minimum Gasteiger partial charge on any atom is -0.321 e. The van der Waals surface area contributed by atoms with Gasteiger partial charge in [-0.1, -0.05) is 0 Å². The van der Waals surface area contributed by atoms with Gasteiger partial charge in [0, 0.05) is 17.2 Å². The molecule has 1 aromatic carbocycles. The molecule has 1 amide bonds. The predicted octanol–water partition coefficient (Wildman–Crippen LogP) is 2.69. The molecule has 0 aliphatic carbocycles. The van der Waals surface area contributed by atoms with E-state index >= 15 is 0 Å². The Morgan fingerprint density at radius 1 is 1.35 bits per heavy atom. The Kier molecular flexibility index (Phi) is 3.69. The molecule has 6 nitrogen and oxygen atoms in total. The number of hydrogen-bond donors (Lipinski definition) is 1. The molecule has 0 aliphatic heterocycles. The lowest BCUT2D eigenvalue weighted by molar-refractivity contribution is -0.385. The maximum Gasteiger partial charge on any atom is 0.272 e. The number of hydrogen-bond acceptors (Lipinski definition) is 4. The first kappa shape index (κ1) is 13.6. The summed E-state index contributed by atoms with van der Waals surface area (Å²) < 4.78 is 12.6. The number of pyridine rings is 1. The summed E-state index contributed by atoms with van der Waals surface area (Å²) in [5.74, 6) is -1.09. The monoisotopic (exact) mass is 275 g/mol. The van der Waals surface area contributed by atoms with Gasteiger partial charge in [-0.3, -0.25) is 14.9 Å². The molecule has 7 heteroatoms. The Hall–Kier alpha value is -2.83. The molecule has 0 saturated heterocycles. The second-order valence-corrected chi connectivity index (χ2v) is 4.08. The fraction of sp³-hybridized carbons (Fsp3) is 0.0769. The summed E-state index contributed by atoms with van der Waals surface area (Å²) in [6.07, 6.45) is 1.19. The smallest absolute Gasteiger partial charge is 0.272 e. The number of carbonyl (C=O) groups is 1. The van der Waals surface area contributed by atoms with Crippen molar-refractivity contribution in [2.24, 2.45) is 0 Å². The summed E-state index contributed by atoms with van der Waals surface area (Å²) in [5, 5.41) is 13.2. The third kappa shape index (κ3) is 2.94. The zero-order chi connectivity index (χ0) is 14.7. The molecule has 2 rings (SSSR count). The third-order valence-electron chi connectivity index (χ3n) is 2.64. The van der Waals surface area contributed by atoms with Crippen LogP contribution in [-0.4, -0.2) is 15.8 Å². The number of nitro groups is 1. The van der Waals surface area contributed by atoms with Crippen molar-refractivity contribution in [2.45, 2.75) is 6.92 Å². The molecule has 1 N–H and O–H groups in total. The molecule has 0 saturated carbocycles. The summed E-state index contributed by atoms with van der Waals surface area (Å²) in [6.45, 7) is 1.55. The number of aromatic nitrogens is 1. The highest BCUT2D eigenvalue weighted by Gasteiger charge is 2.13. The van der Waals surface area contributed by atoms with Gasteiger partial charge in [-0.05, 0) is 31.2 Å². The van der Waals surface area contributed by atoms with Gasteiger partial charge < -0.3 is 5.32 Å². The Morgan fingerprint density at radius 2 is 2.10 bits per heavy atom. The number of amides is 1. The van der Waals surface area contributed by atoms with Crippen molar-refractivity contribution in [3.05, 3.63) is 63.7 Å². The number of benzene rings is 1. The Bertz CT molecular complexity index is 671. The van der Waals surface area contributed by atoms with Crippen LogP contribution in [0.2, 0.25) is 0 Å². The van der Waals surface area contributed by atoms with Gasteiger partial charge in [0.05, 0.1) is 16.8 Å². The Balaban J connectivity index is 2.19. The van der Waals surface area contributed by atoms with E-state index in [9.17, 15) is 19.3 Å². The van der Waals surface area contributed by atoms with Crippen molar-refractivity contribution >= 4 is 17.3 Å². The van der Waals surface area contributed by atoms with Gasteiger partial charge in [-0.25, -0.2) is 4.98 Å². The van der Waals surface area contributed by atoms with Gasteiger partial charge in [-0.2, -0.15) is 4.39 Å². The maximum absolute atomic E-state index is 12.6. The zero-order valence-electron chi connectivity index (χ0n) is 10.5.